The van der Waals surface area contributed by atoms with E-state index in [-0.39, 0.29) is 11.7 Å². The molecule has 5 heteroatoms. The Hall–Kier alpha value is -2.04. The summed E-state index contributed by atoms with van der Waals surface area (Å²) < 4.78 is 5.09. The highest BCUT2D eigenvalue weighted by Crippen LogP contribution is 2.26. The van der Waals surface area contributed by atoms with Gasteiger partial charge in [0.2, 0.25) is 11.7 Å². The first kappa shape index (κ1) is 10.5. The van der Waals surface area contributed by atoms with Crippen molar-refractivity contribution in [3.8, 4) is 17.1 Å². The fraction of sp³-hybridized carbons (Fsp3) is 0.273. The van der Waals surface area contributed by atoms with Crippen LogP contribution >= 0.6 is 0 Å². The number of nitrogens with zero attached hydrogens (tertiary/aromatic N) is 2. The van der Waals surface area contributed by atoms with Gasteiger partial charge in [0.15, 0.2) is 0 Å². The Labute approximate surface area is 92.9 Å². The number of benzene rings is 1. The summed E-state index contributed by atoms with van der Waals surface area (Å²) in [6.07, 6.45) is 0. The van der Waals surface area contributed by atoms with E-state index in [9.17, 15) is 5.11 Å². The van der Waals surface area contributed by atoms with Crippen molar-refractivity contribution in [3.63, 3.8) is 0 Å². The number of aromatic hydroxyl groups is 1. The lowest BCUT2D eigenvalue weighted by molar-refractivity contribution is 0.365. The molecule has 0 bridgehead atoms. The zero-order valence-corrected chi connectivity index (χ0v) is 9.14. The van der Waals surface area contributed by atoms with Gasteiger partial charge in [-0.1, -0.05) is 19.0 Å². The van der Waals surface area contributed by atoms with Gasteiger partial charge in [-0.05, 0) is 18.2 Å². The molecule has 0 aliphatic carbocycles. The van der Waals surface area contributed by atoms with Crippen LogP contribution in [0.3, 0.4) is 0 Å². The van der Waals surface area contributed by atoms with E-state index >= 15 is 0 Å². The Morgan fingerprint density at radius 1 is 1.38 bits per heavy atom. The van der Waals surface area contributed by atoms with E-state index < -0.39 is 0 Å². The van der Waals surface area contributed by atoms with Gasteiger partial charge in [0.1, 0.15) is 5.75 Å². The van der Waals surface area contributed by atoms with E-state index in [1.54, 1.807) is 12.1 Å². The molecule has 0 aliphatic rings. The van der Waals surface area contributed by atoms with Crippen molar-refractivity contribution in [2.24, 2.45) is 0 Å². The molecule has 16 heavy (non-hydrogen) atoms. The van der Waals surface area contributed by atoms with Crippen LogP contribution < -0.4 is 5.73 Å². The minimum Gasteiger partial charge on any atom is -0.506 e. The van der Waals surface area contributed by atoms with E-state index in [2.05, 4.69) is 10.1 Å². The Kier molecular flexibility index (Phi) is 2.52. The van der Waals surface area contributed by atoms with Crippen molar-refractivity contribution in [3.05, 3.63) is 24.1 Å². The van der Waals surface area contributed by atoms with Crippen LogP contribution in [0, 0.1) is 0 Å². The third-order valence-electron chi connectivity index (χ3n) is 2.22. The molecule has 0 unspecified atom stereocenters. The summed E-state index contributed by atoms with van der Waals surface area (Å²) in [7, 11) is 0. The van der Waals surface area contributed by atoms with Crippen molar-refractivity contribution in [2.45, 2.75) is 19.8 Å². The molecule has 1 aromatic carbocycles. The molecule has 0 amide bonds. The lowest BCUT2D eigenvalue weighted by Gasteiger charge is -1.99. The molecule has 1 aromatic heterocycles. The lowest BCUT2D eigenvalue weighted by atomic mass is 10.2. The first-order valence-electron chi connectivity index (χ1n) is 5.00. The van der Waals surface area contributed by atoms with Crippen LogP contribution in [-0.2, 0) is 0 Å². The van der Waals surface area contributed by atoms with Gasteiger partial charge < -0.3 is 15.4 Å². The molecule has 0 spiro atoms. The number of rotatable bonds is 2. The quantitative estimate of drug-likeness (QED) is 0.597. The molecule has 0 radical (unpaired) electrons. The molecule has 5 nitrogen and oxygen atoms in total. The molecule has 0 atom stereocenters. The Morgan fingerprint density at radius 3 is 2.69 bits per heavy atom. The number of anilines is 1. The van der Waals surface area contributed by atoms with Crippen molar-refractivity contribution in [1.29, 1.82) is 0 Å². The Morgan fingerprint density at radius 2 is 2.12 bits per heavy atom. The predicted molar refractivity (Wildman–Crippen MR) is 59.9 cm³/mol. The van der Waals surface area contributed by atoms with Crippen LogP contribution in [0.15, 0.2) is 22.7 Å². The van der Waals surface area contributed by atoms with E-state index in [0.717, 1.165) is 5.56 Å². The minimum atomic E-state index is 0.0522. The van der Waals surface area contributed by atoms with Crippen LogP contribution in [0.5, 0.6) is 5.75 Å². The molecular formula is C11H13N3O2. The molecule has 2 rings (SSSR count). The molecule has 0 saturated carbocycles. The number of aromatic nitrogens is 2. The number of nitrogens with two attached hydrogens (primary N) is 1. The van der Waals surface area contributed by atoms with Gasteiger partial charge >= 0.3 is 0 Å². The predicted octanol–water partition coefficient (Wildman–Crippen LogP) is 2.15. The Balaban J connectivity index is 2.39. The third-order valence-corrected chi connectivity index (χ3v) is 2.22. The normalized spacial score (nSPS) is 10.9. The van der Waals surface area contributed by atoms with Crippen LogP contribution in [0.2, 0.25) is 0 Å². The van der Waals surface area contributed by atoms with Gasteiger partial charge in [-0.25, -0.2) is 0 Å². The average Bonchev–Trinajstić information content (AvgIpc) is 2.71. The lowest BCUT2D eigenvalue weighted by Crippen LogP contribution is -1.89. The van der Waals surface area contributed by atoms with Crippen molar-refractivity contribution < 1.29 is 9.63 Å². The zero-order chi connectivity index (χ0) is 11.7. The van der Waals surface area contributed by atoms with Crippen LogP contribution in [-0.4, -0.2) is 15.2 Å². The highest BCUT2D eigenvalue weighted by atomic mass is 16.5. The van der Waals surface area contributed by atoms with E-state index in [4.69, 9.17) is 10.3 Å². The number of phenols is 1. The van der Waals surface area contributed by atoms with E-state index in [0.29, 0.717) is 17.4 Å². The fourth-order valence-corrected chi connectivity index (χ4v) is 1.28. The molecule has 2 aromatic rings. The maximum atomic E-state index is 9.29. The number of hydrogen-bond donors (Lipinski definition) is 2. The second-order valence-corrected chi connectivity index (χ2v) is 3.88. The van der Waals surface area contributed by atoms with Crippen molar-refractivity contribution >= 4 is 5.69 Å². The zero-order valence-electron chi connectivity index (χ0n) is 9.14. The molecule has 1 heterocycles. The van der Waals surface area contributed by atoms with Crippen LogP contribution in [0.25, 0.3) is 11.4 Å². The largest absolute Gasteiger partial charge is 0.506 e. The maximum absolute atomic E-state index is 9.29. The number of phenolic OH excluding ortho intramolecular Hbond substituents is 1. The van der Waals surface area contributed by atoms with Crippen LogP contribution in [0.4, 0.5) is 5.69 Å². The van der Waals surface area contributed by atoms with Gasteiger partial charge in [0.05, 0.1) is 5.69 Å². The van der Waals surface area contributed by atoms with Gasteiger partial charge in [-0.2, -0.15) is 4.98 Å². The number of hydrogen-bond acceptors (Lipinski definition) is 5. The first-order valence-corrected chi connectivity index (χ1v) is 5.00. The maximum Gasteiger partial charge on any atom is 0.229 e. The van der Waals surface area contributed by atoms with E-state index in [1.165, 1.54) is 6.07 Å². The van der Waals surface area contributed by atoms with Crippen LogP contribution in [0.1, 0.15) is 25.7 Å². The molecular weight excluding hydrogens is 206 g/mol. The highest BCUT2D eigenvalue weighted by Gasteiger charge is 2.12. The molecule has 0 fully saturated rings. The molecule has 0 saturated heterocycles. The topological polar surface area (TPSA) is 85.2 Å². The molecule has 0 aliphatic heterocycles. The monoisotopic (exact) mass is 219 g/mol. The van der Waals surface area contributed by atoms with Gasteiger partial charge in [-0.3, -0.25) is 0 Å². The second-order valence-electron chi connectivity index (χ2n) is 3.88. The standard InChI is InChI=1S/C11H13N3O2/c1-6(2)11-13-10(14-16-11)7-3-4-9(15)8(12)5-7/h3-6,15H,12H2,1-2H3. The SMILES string of the molecule is CC(C)c1nc(-c2ccc(O)c(N)c2)no1. The van der Waals surface area contributed by atoms with Gasteiger partial charge in [0, 0.05) is 11.5 Å². The number of nitrogen functional groups attached to an aromatic ring is 1. The Bertz CT molecular complexity index is 506. The molecule has 3 N–H and O–H groups in total. The summed E-state index contributed by atoms with van der Waals surface area (Å²) in [6, 6.07) is 4.82. The molecule has 84 valence electrons. The summed E-state index contributed by atoms with van der Waals surface area (Å²) in [5.74, 6) is 1.31. The smallest absolute Gasteiger partial charge is 0.229 e. The van der Waals surface area contributed by atoms with Crippen molar-refractivity contribution in [2.75, 3.05) is 5.73 Å². The summed E-state index contributed by atoms with van der Waals surface area (Å²) in [5.41, 5.74) is 6.62. The average molecular weight is 219 g/mol. The van der Waals surface area contributed by atoms with Crippen molar-refractivity contribution in [1.82, 2.24) is 10.1 Å². The first-order chi connectivity index (χ1) is 7.58. The highest BCUT2D eigenvalue weighted by molar-refractivity contribution is 5.65. The summed E-state index contributed by atoms with van der Waals surface area (Å²) >= 11 is 0. The summed E-state index contributed by atoms with van der Waals surface area (Å²) in [5, 5.41) is 13.1. The van der Waals surface area contributed by atoms with Gasteiger partial charge in [0.25, 0.3) is 0 Å². The van der Waals surface area contributed by atoms with E-state index in [1.807, 2.05) is 13.8 Å². The third kappa shape index (κ3) is 1.84. The second kappa shape index (κ2) is 3.84. The minimum absolute atomic E-state index is 0.0522. The summed E-state index contributed by atoms with van der Waals surface area (Å²) in [6.45, 7) is 3.95. The fourth-order valence-electron chi connectivity index (χ4n) is 1.28. The van der Waals surface area contributed by atoms with Gasteiger partial charge in [-0.15, -0.1) is 0 Å². The summed E-state index contributed by atoms with van der Waals surface area (Å²) in [4.78, 5) is 4.24.